The van der Waals surface area contributed by atoms with Crippen LogP contribution in [0.2, 0.25) is 0 Å². The molecule has 4 aliphatic rings. The van der Waals surface area contributed by atoms with E-state index in [9.17, 15) is 24.3 Å². The average Bonchev–Trinajstić information content (AvgIpc) is 3.13. The summed E-state index contributed by atoms with van der Waals surface area (Å²) in [6.45, 7) is 15.2. The molecular weight excluding hydrogens is 614 g/mol. The normalized spacial score (nSPS) is 34.4. The van der Waals surface area contributed by atoms with E-state index >= 15 is 0 Å². The van der Waals surface area contributed by atoms with E-state index in [2.05, 4.69) is 20.4 Å². The Labute approximate surface area is 284 Å². The third-order valence-electron chi connectivity index (χ3n) is 11.8. The molecule has 1 aromatic rings. The van der Waals surface area contributed by atoms with Gasteiger partial charge in [-0.15, -0.1) is 0 Å². The van der Waals surface area contributed by atoms with Crippen LogP contribution in [-0.4, -0.2) is 84.5 Å². The zero-order chi connectivity index (χ0) is 35.4. The van der Waals surface area contributed by atoms with Gasteiger partial charge < -0.3 is 24.1 Å². The fourth-order valence-corrected chi connectivity index (χ4v) is 9.96. The van der Waals surface area contributed by atoms with E-state index in [4.69, 9.17) is 18.9 Å². The number of nitrogens with zero attached hydrogens (tertiary/aromatic N) is 1. The standard InChI is InChI=1S/C38H53NO9/c1-22-25-19-27(41)30-37(21-46-23(2)40)17-13-16-36(6,7)28(37)20-29(45-9)38(30,31(22)42)32(25)47-33(43)26(18-24-14-11-10-12-15-24)39(8)34(44)48-35(3,4)5/h10-12,14-15,25-30,32,41H,1,13,16-21H2,2-9H3/t25-,26-,27-,28+,29+,30-,32+,37-,38+/m0/s1. The van der Waals surface area contributed by atoms with Crippen molar-refractivity contribution in [2.24, 2.45) is 34.0 Å². The van der Waals surface area contributed by atoms with Crippen LogP contribution in [0, 0.1) is 34.0 Å². The summed E-state index contributed by atoms with van der Waals surface area (Å²) in [7, 11) is 3.07. The van der Waals surface area contributed by atoms with Crippen LogP contribution in [-0.2, 0) is 39.8 Å². The summed E-state index contributed by atoms with van der Waals surface area (Å²) in [5.74, 6) is -2.82. The minimum Gasteiger partial charge on any atom is -0.465 e. The number of amides is 1. The first-order valence-corrected chi connectivity index (χ1v) is 17.2. The van der Waals surface area contributed by atoms with Gasteiger partial charge in [-0.2, -0.15) is 0 Å². The highest BCUT2D eigenvalue weighted by Gasteiger charge is 2.78. The van der Waals surface area contributed by atoms with Gasteiger partial charge in [0.05, 0.1) is 18.8 Å². The number of likely N-dealkylation sites (N-methyl/N-ethyl adjacent to an activating group) is 1. The van der Waals surface area contributed by atoms with Gasteiger partial charge in [-0.05, 0) is 68.9 Å². The smallest absolute Gasteiger partial charge is 0.410 e. The Balaban J connectivity index is 1.61. The Hall–Kier alpha value is -3.24. The molecule has 0 aliphatic heterocycles. The molecule has 5 rings (SSSR count). The van der Waals surface area contributed by atoms with Crippen LogP contribution in [0.3, 0.4) is 0 Å². The Bertz CT molecular complexity index is 1430. The molecule has 0 heterocycles. The van der Waals surface area contributed by atoms with E-state index in [-0.39, 0.29) is 36.6 Å². The van der Waals surface area contributed by atoms with Gasteiger partial charge in [-0.25, -0.2) is 9.59 Å². The minimum absolute atomic E-state index is 0.0411. The number of methoxy groups -OCH3 is 1. The largest absolute Gasteiger partial charge is 0.465 e. The van der Waals surface area contributed by atoms with Crippen LogP contribution >= 0.6 is 0 Å². The zero-order valence-electron chi connectivity index (χ0n) is 29.7. The van der Waals surface area contributed by atoms with Crippen molar-refractivity contribution in [3.05, 3.63) is 48.0 Å². The minimum atomic E-state index is -1.46. The molecule has 264 valence electrons. The lowest BCUT2D eigenvalue weighted by Gasteiger charge is -2.67. The van der Waals surface area contributed by atoms with Gasteiger partial charge in [0.2, 0.25) is 0 Å². The summed E-state index contributed by atoms with van der Waals surface area (Å²) in [5, 5.41) is 12.1. The molecule has 1 aromatic carbocycles. The summed E-state index contributed by atoms with van der Waals surface area (Å²) in [5.41, 5.74) is -2.11. The van der Waals surface area contributed by atoms with Crippen LogP contribution in [0.5, 0.6) is 0 Å². The molecule has 2 bridgehead atoms. The topological polar surface area (TPSA) is 129 Å². The van der Waals surface area contributed by atoms with E-state index in [1.165, 1.54) is 18.9 Å². The van der Waals surface area contributed by atoms with Crippen molar-refractivity contribution in [1.29, 1.82) is 0 Å². The molecule has 1 spiro atoms. The van der Waals surface area contributed by atoms with Crippen molar-refractivity contribution < 1.29 is 43.2 Å². The van der Waals surface area contributed by atoms with E-state index in [0.717, 1.165) is 18.4 Å². The van der Waals surface area contributed by atoms with E-state index in [1.807, 2.05) is 30.3 Å². The van der Waals surface area contributed by atoms with Gasteiger partial charge in [0.1, 0.15) is 23.2 Å². The molecule has 4 aliphatic carbocycles. The fourth-order valence-electron chi connectivity index (χ4n) is 9.96. The maximum atomic E-state index is 14.8. The predicted octanol–water partition coefficient (Wildman–Crippen LogP) is 5.29. The molecule has 10 heteroatoms. The number of ketones is 1. The van der Waals surface area contributed by atoms with Crippen LogP contribution < -0.4 is 0 Å². The maximum absolute atomic E-state index is 14.8. The summed E-state index contributed by atoms with van der Waals surface area (Å²) in [6.07, 6.45) is -0.178. The number of rotatable bonds is 8. The number of ether oxygens (including phenoxy) is 4. The SMILES string of the molecule is C=C1C(=O)[C@]23[C@H](OC(=O)[C@H](Cc4ccccc4)N(C)C(=O)OC(C)(C)C)[C@H]1C[C@H](O)[C@H]2[C@]1(COC(C)=O)CCCC(C)(C)[C@H]1C[C@H]3OC. The van der Waals surface area contributed by atoms with Crippen molar-refractivity contribution in [2.75, 3.05) is 20.8 Å². The van der Waals surface area contributed by atoms with Gasteiger partial charge >= 0.3 is 18.0 Å². The first kappa shape index (κ1) is 36.1. The number of aliphatic hydroxyl groups is 1. The van der Waals surface area contributed by atoms with Crippen molar-refractivity contribution in [1.82, 2.24) is 4.90 Å². The molecular formula is C38H53NO9. The quantitative estimate of drug-likeness (QED) is 0.223. The van der Waals surface area contributed by atoms with Crippen molar-refractivity contribution in [3.63, 3.8) is 0 Å². The van der Waals surface area contributed by atoms with Crippen LogP contribution in [0.1, 0.15) is 79.2 Å². The number of esters is 2. The number of carbonyl (C=O) groups is 4. The third kappa shape index (κ3) is 5.97. The summed E-state index contributed by atoms with van der Waals surface area (Å²) >= 11 is 0. The van der Waals surface area contributed by atoms with Crippen LogP contribution in [0.15, 0.2) is 42.5 Å². The van der Waals surface area contributed by atoms with Gasteiger partial charge in [0, 0.05) is 44.8 Å². The molecule has 4 fully saturated rings. The van der Waals surface area contributed by atoms with Gasteiger partial charge in [0.25, 0.3) is 0 Å². The van der Waals surface area contributed by atoms with Gasteiger partial charge in [0.15, 0.2) is 5.78 Å². The second kappa shape index (κ2) is 12.9. The second-order valence-electron chi connectivity index (χ2n) is 16.2. The zero-order valence-corrected chi connectivity index (χ0v) is 29.7. The lowest BCUT2D eigenvalue weighted by Crippen LogP contribution is -2.72. The predicted molar refractivity (Wildman–Crippen MR) is 178 cm³/mol. The number of fused-ring (bicyclic) bond motifs is 3. The number of Topliss-reactive ketones (excluding diaryl/α,β-unsaturated/α-hetero) is 1. The molecule has 48 heavy (non-hydrogen) atoms. The highest BCUT2D eigenvalue weighted by Crippen LogP contribution is 2.72. The Morgan fingerprint density at radius 1 is 1.10 bits per heavy atom. The van der Waals surface area contributed by atoms with Gasteiger partial charge in [-0.3, -0.25) is 14.5 Å². The van der Waals surface area contributed by atoms with E-state index < -0.39 is 70.7 Å². The molecule has 0 aromatic heterocycles. The number of aliphatic hydroxyl groups excluding tert-OH is 1. The lowest BCUT2D eigenvalue weighted by atomic mass is 9.39. The number of benzene rings is 1. The van der Waals surface area contributed by atoms with Crippen molar-refractivity contribution in [3.8, 4) is 0 Å². The first-order valence-electron chi connectivity index (χ1n) is 17.2. The highest BCUT2D eigenvalue weighted by molar-refractivity contribution is 6.05. The maximum Gasteiger partial charge on any atom is 0.410 e. The molecule has 0 saturated heterocycles. The molecule has 0 radical (unpaired) electrons. The number of carbonyl (C=O) groups excluding carboxylic acids is 4. The van der Waals surface area contributed by atoms with Crippen molar-refractivity contribution in [2.45, 2.75) is 110 Å². The molecule has 1 N–H and O–H groups in total. The number of hydrogen-bond acceptors (Lipinski definition) is 9. The summed E-state index contributed by atoms with van der Waals surface area (Å²) < 4.78 is 24.2. The Morgan fingerprint density at radius 2 is 1.77 bits per heavy atom. The monoisotopic (exact) mass is 667 g/mol. The molecule has 4 saturated carbocycles. The first-order chi connectivity index (χ1) is 22.4. The molecule has 10 nitrogen and oxygen atoms in total. The van der Waals surface area contributed by atoms with E-state index in [1.54, 1.807) is 27.9 Å². The Kier molecular flexibility index (Phi) is 9.69. The summed E-state index contributed by atoms with van der Waals surface area (Å²) in [4.78, 5) is 56.1. The second-order valence-corrected chi connectivity index (χ2v) is 16.2. The summed E-state index contributed by atoms with van der Waals surface area (Å²) in [6, 6.07) is 8.25. The average molecular weight is 668 g/mol. The van der Waals surface area contributed by atoms with Crippen molar-refractivity contribution >= 4 is 23.8 Å². The van der Waals surface area contributed by atoms with E-state index in [0.29, 0.717) is 18.4 Å². The third-order valence-corrected chi connectivity index (χ3v) is 11.8. The van der Waals surface area contributed by atoms with Crippen LogP contribution in [0.4, 0.5) is 4.79 Å². The van der Waals surface area contributed by atoms with Gasteiger partial charge in [-0.1, -0.05) is 57.2 Å². The molecule has 1 amide bonds. The molecule has 9 atom stereocenters. The Morgan fingerprint density at radius 3 is 2.38 bits per heavy atom. The molecule has 0 unspecified atom stereocenters. The number of hydrogen-bond donors (Lipinski definition) is 1. The lowest BCUT2D eigenvalue weighted by molar-refractivity contribution is -0.272. The van der Waals surface area contributed by atoms with Crippen LogP contribution in [0.25, 0.3) is 0 Å². The highest BCUT2D eigenvalue weighted by atomic mass is 16.6. The fraction of sp³-hybridized carbons (Fsp3) is 0.684.